The largest absolute Gasteiger partial charge is 0.508 e. The van der Waals surface area contributed by atoms with E-state index in [4.69, 9.17) is 5.11 Å². The highest BCUT2D eigenvalue weighted by Gasteiger charge is 2.15. The lowest BCUT2D eigenvalue weighted by Gasteiger charge is -2.10. The van der Waals surface area contributed by atoms with E-state index in [0.29, 0.717) is 10.2 Å². The first-order valence-corrected chi connectivity index (χ1v) is 8.22. The number of phenols is 1. The zero-order chi connectivity index (χ0) is 14.0. The van der Waals surface area contributed by atoms with Gasteiger partial charge in [0.1, 0.15) is 5.75 Å². The number of sulfonamides is 1. The Morgan fingerprint density at radius 2 is 1.63 bits per heavy atom. The van der Waals surface area contributed by atoms with Crippen LogP contribution in [0.5, 0.6) is 5.75 Å². The predicted octanol–water partition coefficient (Wildman–Crippen LogP) is 3.72. The molecule has 7 heteroatoms. The van der Waals surface area contributed by atoms with Gasteiger partial charge in [0.15, 0.2) is 0 Å². The molecule has 0 radical (unpaired) electrons. The van der Waals surface area contributed by atoms with Crippen LogP contribution in [0.1, 0.15) is 0 Å². The van der Waals surface area contributed by atoms with Crippen molar-refractivity contribution in [2.24, 2.45) is 0 Å². The Morgan fingerprint density at radius 1 is 1.00 bits per heavy atom. The third-order valence-electron chi connectivity index (χ3n) is 2.32. The highest BCUT2D eigenvalue weighted by atomic mass is 79.9. The first kappa shape index (κ1) is 14.4. The molecule has 4 nitrogen and oxygen atoms in total. The molecule has 2 N–H and O–H groups in total. The van der Waals surface area contributed by atoms with Gasteiger partial charge < -0.3 is 5.11 Å². The molecule has 0 aliphatic carbocycles. The quantitative estimate of drug-likeness (QED) is 0.816. The zero-order valence-corrected chi connectivity index (χ0v) is 13.5. The number of benzene rings is 2. The molecule has 0 unspecified atom stereocenters. The minimum Gasteiger partial charge on any atom is -0.508 e. The summed E-state index contributed by atoms with van der Waals surface area (Å²) in [6.45, 7) is 0. The average Bonchev–Trinajstić information content (AvgIpc) is 2.33. The average molecular weight is 407 g/mol. The molecule has 2 aromatic carbocycles. The Kier molecular flexibility index (Phi) is 4.17. The first-order valence-electron chi connectivity index (χ1n) is 5.15. The van der Waals surface area contributed by atoms with Crippen LogP contribution in [-0.4, -0.2) is 13.5 Å². The van der Waals surface area contributed by atoms with Crippen LogP contribution in [0.25, 0.3) is 0 Å². The third-order valence-corrected chi connectivity index (χ3v) is 4.85. The maximum atomic E-state index is 12.1. The van der Waals surface area contributed by atoms with Crippen LogP contribution < -0.4 is 4.72 Å². The maximum absolute atomic E-state index is 12.1. The Balaban J connectivity index is 2.33. The van der Waals surface area contributed by atoms with Gasteiger partial charge in [0.25, 0.3) is 10.0 Å². The van der Waals surface area contributed by atoms with Crippen LogP contribution in [0.2, 0.25) is 0 Å². The van der Waals surface area contributed by atoms with E-state index in [1.54, 1.807) is 18.2 Å². The number of hydrogen-bond acceptors (Lipinski definition) is 3. The number of rotatable bonds is 3. The summed E-state index contributed by atoms with van der Waals surface area (Å²) in [5.41, 5.74) is 0.441. The van der Waals surface area contributed by atoms with Gasteiger partial charge >= 0.3 is 0 Å². The summed E-state index contributed by atoms with van der Waals surface area (Å²) >= 11 is 6.58. The van der Waals surface area contributed by atoms with Gasteiger partial charge in [-0.15, -0.1) is 0 Å². The van der Waals surface area contributed by atoms with Crippen LogP contribution in [0, 0.1) is 0 Å². The highest BCUT2D eigenvalue weighted by molar-refractivity contribution is 9.11. The van der Waals surface area contributed by atoms with Gasteiger partial charge in [0, 0.05) is 8.95 Å². The summed E-state index contributed by atoms with van der Waals surface area (Å²) in [5.74, 6) is 0.0174. The fourth-order valence-corrected chi connectivity index (χ4v) is 3.76. The standard InChI is InChI=1S/C12H9Br2NO3S/c13-8-1-6-12(11(14)7-8)15-19(17,18)10-4-2-9(16)3-5-10/h1-7,15-16H. The van der Waals surface area contributed by atoms with Crippen LogP contribution in [-0.2, 0) is 10.0 Å². The van der Waals surface area contributed by atoms with E-state index in [0.717, 1.165) is 4.47 Å². The van der Waals surface area contributed by atoms with Gasteiger partial charge in [-0.3, -0.25) is 4.72 Å². The monoisotopic (exact) mass is 405 g/mol. The number of halogens is 2. The molecule has 0 heterocycles. The molecular weight excluding hydrogens is 398 g/mol. The molecule has 19 heavy (non-hydrogen) atoms. The fourth-order valence-electron chi connectivity index (χ4n) is 1.40. The molecule has 0 spiro atoms. The Bertz CT molecular complexity index is 699. The van der Waals surface area contributed by atoms with Crippen molar-refractivity contribution >= 4 is 47.6 Å². The molecule has 0 atom stereocenters. The van der Waals surface area contributed by atoms with Crippen LogP contribution in [0.3, 0.4) is 0 Å². The number of phenolic OH excluding ortho intramolecular Hbond substituents is 1. The second kappa shape index (κ2) is 5.52. The summed E-state index contributed by atoms with van der Waals surface area (Å²) < 4.78 is 28.2. The van der Waals surface area contributed by atoms with E-state index in [1.807, 2.05) is 0 Å². The number of aromatic hydroxyl groups is 1. The van der Waals surface area contributed by atoms with Crippen molar-refractivity contribution < 1.29 is 13.5 Å². The minimum atomic E-state index is -3.67. The molecule has 0 aromatic heterocycles. The molecule has 2 rings (SSSR count). The first-order chi connectivity index (χ1) is 8.88. The van der Waals surface area contributed by atoms with E-state index in [-0.39, 0.29) is 10.6 Å². The molecule has 2 aromatic rings. The maximum Gasteiger partial charge on any atom is 0.261 e. The number of anilines is 1. The second-order valence-electron chi connectivity index (χ2n) is 3.72. The molecular formula is C12H9Br2NO3S. The summed E-state index contributed by atoms with van der Waals surface area (Å²) in [4.78, 5) is 0.0834. The van der Waals surface area contributed by atoms with Gasteiger partial charge in [-0.25, -0.2) is 8.42 Å². The summed E-state index contributed by atoms with van der Waals surface area (Å²) in [6.07, 6.45) is 0. The zero-order valence-electron chi connectivity index (χ0n) is 9.47. The summed E-state index contributed by atoms with van der Waals surface area (Å²) in [6, 6.07) is 10.4. The third kappa shape index (κ3) is 3.49. The van der Waals surface area contributed by atoms with Gasteiger partial charge in [-0.1, -0.05) is 15.9 Å². The molecule has 0 bridgehead atoms. The predicted molar refractivity (Wildman–Crippen MR) is 80.8 cm³/mol. The van der Waals surface area contributed by atoms with Crippen LogP contribution in [0.15, 0.2) is 56.3 Å². The Hall–Kier alpha value is -1.05. The van der Waals surface area contributed by atoms with Crippen molar-refractivity contribution in [3.8, 4) is 5.75 Å². The van der Waals surface area contributed by atoms with Crippen molar-refractivity contribution in [1.29, 1.82) is 0 Å². The molecule has 0 amide bonds. The lowest BCUT2D eigenvalue weighted by molar-refractivity contribution is 0.475. The van der Waals surface area contributed by atoms with Crippen LogP contribution in [0.4, 0.5) is 5.69 Å². The van der Waals surface area contributed by atoms with E-state index in [9.17, 15) is 8.42 Å². The van der Waals surface area contributed by atoms with Gasteiger partial charge in [0.2, 0.25) is 0 Å². The van der Waals surface area contributed by atoms with Gasteiger partial charge in [-0.05, 0) is 58.4 Å². The molecule has 0 aliphatic rings. The lowest BCUT2D eigenvalue weighted by atomic mass is 10.3. The van der Waals surface area contributed by atoms with Gasteiger partial charge in [0.05, 0.1) is 10.6 Å². The fraction of sp³-hybridized carbons (Fsp3) is 0. The number of nitrogens with one attached hydrogen (secondary N) is 1. The van der Waals surface area contributed by atoms with Crippen molar-refractivity contribution in [2.45, 2.75) is 4.90 Å². The van der Waals surface area contributed by atoms with Crippen molar-refractivity contribution in [3.63, 3.8) is 0 Å². The van der Waals surface area contributed by atoms with E-state index in [1.165, 1.54) is 24.3 Å². The smallest absolute Gasteiger partial charge is 0.261 e. The Morgan fingerprint density at radius 3 is 2.21 bits per heavy atom. The SMILES string of the molecule is O=S(=O)(Nc1ccc(Br)cc1Br)c1ccc(O)cc1. The van der Waals surface area contributed by atoms with E-state index in [2.05, 4.69) is 36.6 Å². The molecule has 100 valence electrons. The minimum absolute atomic E-state index is 0.0174. The number of hydrogen-bond donors (Lipinski definition) is 2. The molecule has 0 aliphatic heterocycles. The summed E-state index contributed by atoms with van der Waals surface area (Å²) in [5, 5.41) is 9.16. The van der Waals surface area contributed by atoms with Crippen molar-refractivity contribution in [1.82, 2.24) is 0 Å². The Labute approximate surface area is 127 Å². The topological polar surface area (TPSA) is 66.4 Å². The highest BCUT2D eigenvalue weighted by Crippen LogP contribution is 2.28. The summed E-state index contributed by atoms with van der Waals surface area (Å²) in [7, 11) is -3.67. The van der Waals surface area contributed by atoms with E-state index < -0.39 is 10.0 Å². The lowest BCUT2D eigenvalue weighted by Crippen LogP contribution is -2.13. The molecule has 0 saturated carbocycles. The van der Waals surface area contributed by atoms with Crippen LogP contribution >= 0.6 is 31.9 Å². The normalized spacial score (nSPS) is 11.3. The van der Waals surface area contributed by atoms with E-state index >= 15 is 0 Å². The molecule has 0 saturated heterocycles. The van der Waals surface area contributed by atoms with Gasteiger partial charge in [-0.2, -0.15) is 0 Å². The van der Waals surface area contributed by atoms with Crippen molar-refractivity contribution in [2.75, 3.05) is 4.72 Å². The second-order valence-corrected chi connectivity index (χ2v) is 7.18. The molecule has 0 fully saturated rings. The van der Waals surface area contributed by atoms with Crippen molar-refractivity contribution in [3.05, 3.63) is 51.4 Å².